The summed E-state index contributed by atoms with van der Waals surface area (Å²) >= 11 is 0. The molecule has 13 heavy (non-hydrogen) atoms. The van der Waals surface area contributed by atoms with Crippen LogP contribution in [0.2, 0.25) is 0 Å². The molecule has 0 amide bonds. The Kier molecular flexibility index (Phi) is 1.91. The Morgan fingerprint density at radius 1 is 1.62 bits per heavy atom. The number of nitrogens with zero attached hydrogens (tertiary/aromatic N) is 2. The molecule has 1 aliphatic carbocycles. The van der Waals surface area contributed by atoms with Gasteiger partial charge in [-0.3, -0.25) is 4.68 Å². The molecular formula is C8H12N2O2S. The zero-order valence-electron chi connectivity index (χ0n) is 7.47. The Balaban J connectivity index is 2.22. The van der Waals surface area contributed by atoms with Crippen LogP contribution >= 0.6 is 0 Å². The van der Waals surface area contributed by atoms with Crippen LogP contribution < -0.4 is 0 Å². The first kappa shape index (κ1) is 8.74. The average molecular weight is 200 g/mol. The minimum absolute atomic E-state index is 0.290. The van der Waals surface area contributed by atoms with Crippen LogP contribution in [-0.4, -0.2) is 24.0 Å². The Morgan fingerprint density at radius 2 is 2.31 bits per heavy atom. The number of sulfone groups is 1. The standard InChI is InChI=1S/C8H12N2O2S/c1-10-5-8(4-9-10)13(11,12)6-7-2-3-7/h4-5,7H,2-3,6H2,1H3. The van der Waals surface area contributed by atoms with E-state index in [1.165, 1.54) is 10.9 Å². The summed E-state index contributed by atoms with van der Waals surface area (Å²) in [5, 5.41) is 3.85. The number of hydrogen-bond donors (Lipinski definition) is 0. The fourth-order valence-corrected chi connectivity index (χ4v) is 2.92. The van der Waals surface area contributed by atoms with Crippen molar-refractivity contribution in [2.24, 2.45) is 13.0 Å². The van der Waals surface area contributed by atoms with Crippen molar-refractivity contribution in [3.8, 4) is 0 Å². The Hall–Kier alpha value is -0.840. The summed E-state index contributed by atoms with van der Waals surface area (Å²) in [6.07, 6.45) is 5.08. The lowest BCUT2D eigenvalue weighted by molar-refractivity contribution is 0.592. The average Bonchev–Trinajstić information content (AvgIpc) is 2.70. The van der Waals surface area contributed by atoms with E-state index in [-0.39, 0.29) is 0 Å². The molecule has 1 aromatic heterocycles. The van der Waals surface area contributed by atoms with E-state index < -0.39 is 9.84 Å². The molecule has 0 bridgehead atoms. The third-order valence-electron chi connectivity index (χ3n) is 2.19. The van der Waals surface area contributed by atoms with Gasteiger partial charge in [-0.1, -0.05) is 0 Å². The summed E-state index contributed by atoms with van der Waals surface area (Å²) in [5.74, 6) is 0.684. The lowest BCUT2D eigenvalue weighted by Gasteiger charge is -1.97. The second-order valence-electron chi connectivity index (χ2n) is 3.57. The maximum atomic E-state index is 11.6. The van der Waals surface area contributed by atoms with Crippen molar-refractivity contribution in [1.29, 1.82) is 0 Å². The van der Waals surface area contributed by atoms with Gasteiger partial charge in [-0.05, 0) is 18.8 Å². The Bertz CT molecular complexity index is 404. The van der Waals surface area contributed by atoms with Crippen LogP contribution in [0.1, 0.15) is 12.8 Å². The van der Waals surface area contributed by atoms with Crippen molar-refractivity contribution < 1.29 is 8.42 Å². The minimum Gasteiger partial charge on any atom is -0.274 e. The third kappa shape index (κ3) is 1.91. The van der Waals surface area contributed by atoms with Crippen LogP contribution in [-0.2, 0) is 16.9 Å². The van der Waals surface area contributed by atoms with Gasteiger partial charge in [-0.15, -0.1) is 0 Å². The maximum Gasteiger partial charge on any atom is 0.181 e. The quantitative estimate of drug-likeness (QED) is 0.718. The largest absolute Gasteiger partial charge is 0.274 e. The van der Waals surface area contributed by atoms with Gasteiger partial charge in [0.1, 0.15) is 4.90 Å². The predicted octanol–water partition coefficient (Wildman–Crippen LogP) is 0.604. The van der Waals surface area contributed by atoms with Crippen LogP contribution in [0.3, 0.4) is 0 Å². The maximum absolute atomic E-state index is 11.6. The lowest BCUT2D eigenvalue weighted by Crippen LogP contribution is -2.07. The molecule has 5 heteroatoms. The molecule has 1 fully saturated rings. The summed E-state index contributed by atoms with van der Waals surface area (Å²) in [5.41, 5.74) is 0. The van der Waals surface area contributed by atoms with Crippen molar-refractivity contribution in [3.63, 3.8) is 0 Å². The van der Waals surface area contributed by atoms with Gasteiger partial charge in [0.25, 0.3) is 0 Å². The van der Waals surface area contributed by atoms with Crippen LogP contribution in [0.15, 0.2) is 17.3 Å². The first-order valence-corrected chi connectivity index (χ1v) is 5.94. The lowest BCUT2D eigenvalue weighted by atomic mass is 10.5. The smallest absolute Gasteiger partial charge is 0.181 e. The summed E-state index contributed by atoms with van der Waals surface area (Å²) in [7, 11) is -1.34. The second-order valence-corrected chi connectivity index (χ2v) is 5.61. The van der Waals surface area contributed by atoms with E-state index in [1.807, 2.05) is 0 Å². The molecule has 1 aromatic rings. The highest BCUT2D eigenvalue weighted by molar-refractivity contribution is 7.91. The summed E-state index contributed by atoms with van der Waals surface area (Å²) in [4.78, 5) is 0.349. The number of hydrogen-bond acceptors (Lipinski definition) is 3. The second kappa shape index (κ2) is 2.83. The molecule has 0 atom stereocenters. The zero-order chi connectivity index (χ0) is 9.47. The molecular weight excluding hydrogens is 188 g/mol. The van der Waals surface area contributed by atoms with Crippen LogP contribution in [0.4, 0.5) is 0 Å². The van der Waals surface area contributed by atoms with Crippen molar-refractivity contribution in [2.75, 3.05) is 5.75 Å². The third-order valence-corrected chi connectivity index (χ3v) is 4.03. The van der Waals surface area contributed by atoms with Crippen molar-refractivity contribution in [3.05, 3.63) is 12.4 Å². The summed E-state index contributed by atoms with van der Waals surface area (Å²) in [6.45, 7) is 0. The van der Waals surface area contributed by atoms with Crippen molar-refractivity contribution in [2.45, 2.75) is 17.7 Å². The molecule has 2 rings (SSSR count). The highest BCUT2D eigenvalue weighted by atomic mass is 32.2. The van der Waals surface area contributed by atoms with E-state index in [4.69, 9.17) is 0 Å². The molecule has 1 heterocycles. The van der Waals surface area contributed by atoms with Gasteiger partial charge in [-0.25, -0.2) is 8.42 Å². The monoisotopic (exact) mass is 200 g/mol. The van der Waals surface area contributed by atoms with Crippen molar-refractivity contribution in [1.82, 2.24) is 9.78 Å². The van der Waals surface area contributed by atoms with Crippen LogP contribution in [0.25, 0.3) is 0 Å². The van der Waals surface area contributed by atoms with E-state index >= 15 is 0 Å². The SMILES string of the molecule is Cn1cc(S(=O)(=O)CC2CC2)cn1. The minimum atomic E-state index is -3.06. The van der Waals surface area contributed by atoms with Gasteiger partial charge in [-0.2, -0.15) is 5.10 Å². The van der Waals surface area contributed by atoms with Gasteiger partial charge in [0, 0.05) is 13.2 Å². The molecule has 4 nitrogen and oxygen atoms in total. The summed E-state index contributed by atoms with van der Waals surface area (Å²) in [6, 6.07) is 0. The molecule has 1 saturated carbocycles. The van der Waals surface area contributed by atoms with Gasteiger partial charge < -0.3 is 0 Å². The van der Waals surface area contributed by atoms with Crippen molar-refractivity contribution >= 4 is 9.84 Å². The molecule has 0 saturated heterocycles. The zero-order valence-corrected chi connectivity index (χ0v) is 8.29. The molecule has 0 spiro atoms. The first-order valence-electron chi connectivity index (χ1n) is 4.29. The van der Waals surface area contributed by atoms with E-state index in [1.54, 1.807) is 13.2 Å². The fraction of sp³-hybridized carbons (Fsp3) is 0.625. The van der Waals surface area contributed by atoms with E-state index in [9.17, 15) is 8.42 Å². The molecule has 0 N–H and O–H groups in total. The number of aryl methyl sites for hydroxylation is 1. The van der Waals surface area contributed by atoms with Crippen LogP contribution in [0, 0.1) is 5.92 Å². The van der Waals surface area contributed by atoms with Gasteiger partial charge in [0.2, 0.25) is 0 Å². The first-order chi connectivity index (χ1) is 6.08. The summed E-state index contributed by atoms with van der Waals surface area (Å²) < 4.78 is 24.8. The Labute approximate surface area is 77.5 Å². The van der Waals surface area contributed by atoms with E-state index in [0.29, 0.717) is 16.6 Å². The normalized spacial score (nSPS) is 17.6. The highest BCUT2D eigenvalue weighted by Gasteiger charge is 2.29. The number of aromatic nitrogens is 2. The molecule has 0 unspecified atom stereocenters. The highest BCUT2D eigenvalue weighted by Crippen LogP contribution is 2.31. The Morgan fingerprint density at radius 3 is 2.77 bits per heavy atom. The van der Waals surface area contributed by atoms with E-state index in [2.05, 4.69) is 5.10 Å². The number of rotatable bonds is 3. The topological polar surface area (TPSA) is 52.0 Å². The fourth-order valence-electron chi connectivity index (χ4n) is 1.25. The molecule has 0 radical (unpaired) electrons. The molecule has 72 valence electrons. The van der Waals surface area contributed by atoms with Crippen LogP contribution in [0.5, 0.6) is 0 Å². The molecule has 1 aliphatic rings. The predicted molar refractivity (Wildman–Crippen MR) is 48.0 cm³/mol. The van der Waals surface area contributed by atoms with E-state index in [0.717, 1.165) is 12.8 Å². The molecule has 0 aromatic carbocycles. The molecule has 0 aliphatic heterocycles. The van der Waals surface area contributed by atoms with Gasteiger partial charge in [0.15, 0.2) is 9.84 Å². The van der Waals surface area contributed by atoms with Gasteiger partial charge in [0.05, 0.1) is 11.9 Å². The van der Waals surface area contributed by atoms with Gasteiger partial charge >= 0.3 is 0 Å².